The predicted molar refractivity (Wildman–Crippen MR) is 91.9 cm³/mol. The Hall–Kier alpha value is -2.95. The molecule has 124 valence electrons. The van der Waals surface area contributed by atoms with Gasteiger partial charge in [-0.2, -0.15) is 0 Å². The smallest absolute Gasteiger partial charge is 0.247 e. The van der Waals surface area contributed by atoms with E-state index in [1.54, 1.807) is 49.4 Å². The molecule has 5 heteroatoms. The van der Waals surface area contributed by atoms with Gasteiger partial charge in [0.25, 0.3) is 0 Å². The number of benzene rings is 2. The summed E-state index contributed by atoms with van der Waals surface area (Å²) in [4.78, 5) is 23.3. The van der Waals surface area contributed by atoms with E-state index in [1.807, 2.05) is 0 Å². The van der Waals surface area contributed by atoms with E-state index in [0.29, 0.717) is 11.3 Å². The van der Waals surface area contributed by atoms with Gasteiger partial charge < -0.3 is 10.6 Å². The van der Waals surface area contributed by atoms with Crippen LogP contribution in [0.1, 0.15) is 24.1 Å². The van der Waals surface area contributed by atoms with Crippen LogP contribution in [0.2, 0.25) is 0 Å². The van der Waals surface area contributed by atoms with E-state index in [9.17, 15) is 14.0 Å². The molecule has 0 saturated carbocycles. The molecular weight excluding hydrogens is 307 g/mol. The first kappa shape index (κ1) is 17.4. The van der Waals surface area contributed by atoms with E-state index in [0.717, 1.165) is 5.56 Å². The van der Waals surface area contributed by atoms with Crippen LogP contribution in [0.3, 0.4) is 0 Å². The Bertz CT molecular complexity index is 741. The number of carbonyl (C=O) groups is 2. The molecule has 2 N–H and O–H groups in total. The van der Waals surface area contributed by atoms with E-state index in [1.165, 1.54) is 12.1 Å². The number of hydrogen-bond acceptors (Lipinski definition) is 2. The third kappa shape index (κ3) is 4.78. The van der Waals surface area contributed by atoms with Gasteiger partial charge in [-0.05, 0) is 36.8 Å². The van der Waals surface area contributed by atoms with E-state index in [-0.39, 0.29) is 24.1 Å². The maximum absolute atomic E-state index is 13.7. The van der Waals surface area contributed by atoms with Crippen molar-refractivity contribution in [3.8, 4) is 0 Å². The van der Waals surface area contributed by atoms with Gasteiger partial charge in [-0.3, -0.25) is 9.59 Å². The maximum atomic E-state index is 13.7. The molecule has 1 atom stereocenters. The van der Waals surface area contributed by atoms with Crippen molar-refractivity contribution in [3.63, 3.8) is 0 Å². The molecular formula is C19H19FN2O2. The SMILES string of the molecule is C=CC(=O)Nc1ccc(CC(=O)N[C@H](C)c2ccccc2F)cc1. The monoisotopic (exact) mass is 326 g/mol. The van der Waals surface area contributed by atoms with E-state index in [4.69, 9.17) is 0 Å². The van der Waals surface area contributed by atoms with E-state index < -0.39 is 6.04 Å². The fourth-order valence-corrected chi connectivity index (χ4v) is 2.28. The van der Waals surface area contributed by atoms with Gasteiger partial charge in [-0.1, -0.05) is 36.9 Å². The van der Waals surface area contributed by atoms with Crippen LogP contribution in [-0.2, 0) is 16.0 Å². The number of hydrogen-bond donors (Lipinski definition) is 2. The van der Waals surface area contributed by atoms with Crippen LogP contribution in [0, 0.1) is 5.82 Å². The number of halogens is 1. The summed E-state index contributed by atoms with van der Waals surface area (Å²) >= 11 is 0. The van der Waals surface area contributed by atoms with Crippen molar-refractivity contribution in [1.82, 2.24) is 5.32 Å². The van der Waals surface area contributed by atoms with Gasteiger partial charge in [0.1, 0.15) is 5.82 Å². The molecule has 0 heterocycles. The highest BCUT2D eigenvalue weighted by atomic mass is 19.1. The van der Waals surface area contributed by atoms with Crippen LogP contribution in [0.25, 0.3) is 0 Å². The molecule has 0 aliphatic heterocycles. The van der Waals surface area contributed by atoms with Gasteiger partial charge in [-0.25, -0.2) is 4.39 Å². The molecule has 0 radical (unpaired) electrons. The summed E-state index contributed by atoms with van der Waals surface area (Å²) in [5.74, 6) is -0.833. The third-order valence-corrected chi connectivity index (χ3v) is 3.52. The summed E-state index contributed by atoms with van der Waals surface area (Å²) in [5.41, 5.74) is 1.88. The second kappa shape index (κ2) is 8.06. The molecule has 2 aromatic carbocycles. The maximum Gasteiger partial charge on any atom is 0.247 e. The highest BCUT2D eigenvalue weighted by Gasteiger charge is 2.13. The van der Waals surface area contributed by atoms with Gasteiger partial charge >= 0.3 is 0 Å². The second-order valence-corrected chi connectivity index (χ2v) is 5.38. The Balaban J connectivity index is 1.93. The Morgan fingerprint density at radius 2 is 1.83 bits per heavy atom. The summed E-state index contributed by atoms with van der Waals surface area (Å²) in [6.45, 7) is 5.12. The molecule has 4 nitrogen and oxygen atoms in total. The Labute approximate surface area is 140 Å². The summed E-state index contributed by atoms with van der Waals surface area (Å²) in [6.07, 6.45) is 1.36. The van der Waals surface area contributed by atoms with Crippen LogP contribution < -0.4 is 10.6 Å². The molecule has 2 amide bonds. The van der Waals surface area contributed by atoms with E-state index in [2.05, 4.69) is 17.2 Å². The molecule has 2 aromatic rings. The minimum Gasteiger partial charge on any atom is -0.349 e. The highest BCUT2D eigenvalue weighted by molar-refractivity contribution is 5.98. The summed E-state index contributed by atoms with van der Waals surface area (Å²) < 4.78 is 13.7. The van der Waals surface area contributed by atoms with Crippen molar-refractivity contribution in [1.29, 1.82) is 0 Å². The van der Waals surface area contributed by atoms with Crippen molar-refractivity contribution in [3.05, 3.63) is 78.1 Å². The average Bonchev–Trinajstić information content (AvgIpc) is 2.56. The van der Waals surface area contributed by atoms with Crippen LogP contribution in [0.4, 0.5) is 10.1 Å². The van der Waals surface area contributed by atoms with Gasteiger partial charge in [0.2, 0.25) is 11.8 Å². The van der Waals surface area contributed by atoms with Crippen molar-refractivity contribution in [2.24, 2.45) is 0 Å². The number of anilines is 1. The molecule has 0 aliphatic rings. The largest absolute Gasteiger partial charge is 0.349 e. The lowest BCUT2D eigenvalue weighted by Gasteiger charge is -2.15. The Morgan fingerprint density at radius 1 is 1.17 bits per heavy atom. The first-order chi connectivity index (χ1) is 11.5. The fraction of sp³-hybridized carbons (Fsp3) is 0.158. The molecule has 0 aromatic heterocycles. The number of amides is 2. The topological polar surface area (TPSA) is 58.2 Å². The summed E-state index contributed by atoms with van der Waals surface area (Å²) in [6, 6.07) is 12.9. The highest BCUT2D eigenvalue weighted by Crippen LogP contribution is 2.16. The normalized spacial score (nSPS) is 11.4. The number of nitrogens with one attached hydrogen (secondary N) is 2. The zero-order chi connectivity index (χ0) is 17.5. The van der Waals surface area contributed by atoms with Crippen LogP contribution in [0.15, 0.2) is 61.2 Å². The van der Waals surface area contributed by atoms with Crippen LogP contribution in [0.5, 0.6) is 0 Å². The third-order valence-electron chi connectivity index (χ3n) is 3.52. The molecule has 0 fully saturated rings. The number of carbonyl (C=O) groups excluding carboxylic acids is 2. The minimum absolute atomic E-state index is 0.175. The van der Waals surface area contributed by atoms with Crippen molar-refractivity contribution in [2.45, 2.75) is 19.4 Å². The molecule has 0 saturated heterocycles. The first-order valence-corrected chi connectivity index (χ1v) is 7.55. The zero-order valence-electron chi connectivity index (χ0n) is 13.4. The first-order valence-electron chi connectivity index (χ1n) is 7.55. The average molecular weight is 326 g/mol. The van der Waals surface area contributed by atoms with Gasteiger partial charge in [0, 0.05) is 11.3 Å². The van der Waals surface area contributed by atoms with Crippen LogP contribution >= 0.6 is 0 Å². The van der Waals surface area contributed by atoms with Gasteiger partial charge in [0.05, 0.1) is 12.5 Å². The van der Waals surface area contributed by atoms with Gasteiger partial charge in [0.15, 0.2) is 0 Å². The van der Waals surface area contributed by atoms with Crippen molar-refractivity contribution < 1.29 is 14.0 Å². The molecule has 0 aliphatic carbocycles. The fourth-order valence-electron chi connectivity index (χ4n) is 2.28. The van der Waals surface area contributed by atoms with Gasteiger partial charge in [-0.15, -0.1) is 0 Å². The lowest BCUT2D eigenvalue weighted by molar-refractivity contribution is -0.121. The summed E-state index contributed by atoms with van der Waals surface area (Å²) in [5, 5.41) is 5.41. The quantitative estimate of drug-likeness (QED) is 0.800. The lowest BCUT2D eigenvalue weighted by Crippen LogP contribution is -2.28. The van der Waals surface area contributed by atoms with Crippen molar-refractivity contribution >= 4 is 17.5 Å². The molecule has 24 heavy (non-hydrogen) atoms. The molecule has 0 bridgehead atoms. The van der Waals surface area contributed by atoms with E-state index >= 15 is 0 Å². The number of rotatable bonds is 6. The van der Waals surface area contributed by atoms with Crippen molar-refractivity contribution in [2.75, 3.05) is 5.32 Å². The molecule has 0 spiro atoms. The minimum atomic E-state index is -0.412. The lowest BCUT2D eigenvalue weighted by atomic mass is 10.1. The second-order valence-electron chi connectivity index (χ2n) is 5.38. The molecule has 0 unspecified atom stereocenters. The van der Waals surface area contributed by atoms with Crippen LogP contribution in [-0.4, -0.2) is 11.8 Å². The summed E-state index contributed by atoms with van der Waals surface area (Å²) in [7, 11) is 0. The Morgan fingerprint density at radius 3 is 2.46 bits per heavy atom. The Kier molecular flexibility index (Phi) is 5.84. The standard InChI is InChI=1S/C19H19FN2O2/c1-3-18(23)22-15-10-8-14(9-11-15)12-19(24)21-13(2)16-6-4-5-7-17(16)20/h3-11,13H,1,12H2,2H3,(H,21,24)(H,22,23)/t13-/m1/s1. The zero-order valence-corrected chi connectivity index (χ0v) is 13.4. The predicted octanol–water partition coefficient (Wildman–Crippen LogP) is 3.37. The molecule has 2 rings (SSSR count).